The van der Waals surface area contributed by atoms with E-state index in [0.29, 0.717) is 12.1 Å². The first kappa shape index (κ1) is 16.6. The maximum Gasteiger partial charge on any atom is 0.243 e. The highest BCUT2D eigenvalue weighted by molar-refractivity contribution is 5.91. The third-order valence-electron chi connectivity index (χ3n) is 3.46. The van der Waals surface area contributed by atoms with Gasteiger partial charge in [0.05, 0.1) is 0 Å². The van der Waals surface area contributed by atoms with Crippen LogP contribution in [0.25, 0.3) is 6.08 Å². The number of hydrogen-bond acceptors (Lipinski definition) is 3. The third-order valence-corrected chi connectivity index (χ3v) is 3.46. The van der Waals surface area contributed by atoms with Crippen LogP contribution in [0.15, 0.2) is 54.6 Å². The van der Waals surface area contributed by atoms with E-state index in [0.717, 1.165) is 19.3 Å². The predicted octanol–water partition coefficient (Wildman–Crippen LogP) is 3.25. The van der Waals surface area contributed by atoms with Gasteiger partial charge in [0.2, 0.25) is 5.91 Å². The van der Waals surface area contributed by atoms with Gasteiger partial charge in [-0.1, -0.05) is 36.4 Å². The van der Waals surface area contributed by atoms with Crippen molar-refractivity contribution in [3.05, 3.63) is 65.7 Å². The molecule has 2 aromatic carbocycles. The number of phenolic OH excluding ortho intramolecular Hbond substituents is 2. The van der Waals surface area contributed by atoms with Gasteiger partial charge >= 0.3 is 0 Å². The minimum Gasteiger partial charge on any atom is -0.504 e. The first-order valence-electron chi connectivity index (χ1n) is 7.67. The quantitative estimate of drug-likeness (QED) is 0.418. The first-order valence-corrected chi connectivity index (χ1v) is 7.67. The lowest BCUT2D eigenvalue weighted by molar-refractivity contribution is -0.116. The van der Waals surface area contributed by atoms with Crippen LogP contribution in [0.1, 0.15) is 24.0 Å². The van der Waals surface area contributed by atoms with E-state index in [9.17, 15) is 15.0 Å². The van der Waals surface area contributed by atoms with Gasteiger partial charge in [-0.25, -0.2) is 0 Å². The van der Waals surface area contributed by atoms with Crippen LogP contribution in [0.4, 0.5) is 0 Å². The predicted molar refractivity (Wildman–Crippen MR) is 91.2 cm³/mol. The van der Waals surface area contributed by atoms with Crippen molar-refractivity contribution in [2.75, 3.05) is 6.54 Å². The number of carbonyl (C=O) groups excluding carboxylic acids is 1. The normalized spacial score (nSPS) is 10.8. The molecule has 0 radical (unpaired) electrons. The van der Waals surface area contributed by atoms with E-state index in [4.69, 9.17) is 0 Å². The number of unbranched alkanes of at least 4 members (excludes halogenated alkanes) is 1. The van der Waals surface area contributed by atoms with Gasteiger partial charge in [-0.05, 0) is 48.6 Å². The Morgan fingerprint density at radius 3 is 2.52 bits per heavy atom. The molecule has 0 aliphatic rings. The molecule has 0 bridgehead atoms. The smallest absolute Gasteiger partial charge is 0.243 e. The summed E-state index contributed by atoms with van der Waals surface area (Å²) < 4.78 is 0. The fourth-order valence-corrected chi connectivity index (χ4v) is 2.19. The second-order valence-electron chi connectivity index (χ2n) is 5.32. The summed E-state index contributed by atoms with van der Waals surface area (Å²) in [5, 5.41) is 21.4. The van der Waals surface area contributed by atoms with E-state index in [1.54, 1.807) is 12.1 Å². The van der Waals surface area contributed by atoms with Gasteiger partial charge in [-0.3, -0.25) is 4.79 Å². The number of amides is 1. The number of nitrogens with one attached hydrogen (secondary N) is 1. The lowest BCUT2D eigenvalue weighted by atomic mass is 10.1. The number of aromatic hydroxyl groups is 2. The summed E-state index contributed by atoms with van der Waals surface area (Å²) in [7, 11) is 0. The summed E-state index contributed by atoms with van der Waals surface area (Å²) in [6.45, 7) is 0.636. The molecule has 3 N–H and O–H groups in total. The van der Waals surface area contributed by atoms with E-state index < -0.39 is 0 Å². The molecule has 0 atom stereocenters. The lowest BCUT2D eigenvalue weighted by Crippen LogP contribution is -2.22. The summed E-state index contributed by atoms with van der Waals surface area (Å²) in [5.41, 5.74) is 1.96. The highest BCUT2D eigenvalue weighted by Crippen LogP contribution is 2.25. The summed E-state index contributed by atoms with van der Waals surface area (Å²) in [6.07, 6.45) is 5.98. The molecule has 0 fully saturated rings. The topological polar surface area (TPSA) is 69.6 Å². The van der Waals surface area contributed by atoms with E-state index in [2.05, 4.69) is 17.4 Å². The fourth-order valence-electron chi connectivity index (χ4n) is 2.19. The van der Waals surface area contributed by atoms with E-state index in [-0.39, 0.29) is 17.4 Å². The van der Waals surface area contributed by atoms with E-state index in [1.807, 2.05) is 18.2 Å². The Balaban J connectivity index is 1.66. The summed E-state index contributed by atoms with van der Waals surface area (Å²) >= 11 is 0. The molecule has 4 heteroatoms. The van der Waals surface area contributed by atoms with Crippen molar-refractivity contribution in [3.8, 4) is 11.5 Å². The van der Waals surface area contributed by atoms with Crippen LogP contribution in [0, 0.1) is 0 Å². The second kappa shape index (κ2) is 8.63. The van der Waals surface area contributed by atoms with Gasteiger partial charge in [-0.15, -0.1) is 0 Å². The number of benzene rings is 2. The molecule has 1 amide bonds. The van der Waals surface area contributed by atoms with Crippen molar-refractivity contribution in [2.24, 2.45) is 0 Å². The number of phenols is 2. The number of aryl methyl sites for hydroxylation is 1. The maximum atomic E-state index is 11.7. The lowest BCUT2D eigenvalue weighted by Gasteiger charge is -2.03. The maximum absolute atomic E-state index is 11.7. The molecule has 0 aromatic heterocycles. The summed E-state index contributed by atoms with van der Waals surface area (Å²) in [4.78, 5) is 11.7. The standard InChI is InChI=1S/C19H21NO3/c21-17-11-9-16(14-18(17)22)10-12-19(23)20-13-5-4-8-15-6-2-1-3-7-15/h1-3,6-7,9-12,14,21-22H,4-5,8,13H2,(H,20,23)/b12-10+. The fraction of sp³-hybridized carbons (Fsp3) is 0.211. The van der Waals surface area contributed by atoms with Crippen LogP contribution in [-0.2, 0) is 11.2 Å². The first-order chi connectivity index (χ1) is 11.1. The number of rotatable bonds is 7. The molecule has 2 rings (SSSR count). The Hall–Kier alpha value is -2.75. The van der Waals surface area contributed by atoms with Gasteiger partial charge < -0.3 is 15.5 Å². The molecular weight excluding hydrogens is 290 g/mol. The zero-order chi connectivity index (χ0) is 16.5. The highest BCUT2D eigenvalue weighted by atomic mass is 16.3. The van der Waals surface area contributed by atoms with Crippen LogP contribution in [-0.4, -0.2) is 22.7 Å². The van der Waals surface area contributed by atoms with Crippen molar-refractivity contribution in [3.63, 3.8) is 0 Å². The zero-order valence-electron chi connectivity index (χ0n) is 12.9. The molecular formula is C19H21NO3. The van der Waals surface area contributed by atoms with Crippen LogP contribution < -0.4 is 5.32 Å². The molecule has 0 aliphatic heterocycles. The van der Waals surface area contributed by atoms with Gasteiger partial charge in [0.15, 0.2) is 11.5 Å². The van der Waals surface area contributed by atoms with Crippen molar-refractivity contribution >= 4 is 12.0 Å². The van der Waals surface area contributed by atoms with Crippen molar-refractivity contribution in [2.45, 2.75) is 19.3 Å². The van der Waals surface area contributed by atoms with Crippen molar-refractivity contribution in [1.82, 2.24) is 5.32 Å². The Morgan fingerprint density at radius 1 is 1.00 bits per heavy atom. The largest absolute Gasteiger partial charge is 0.504 e. The second-order valence-corrected chi connectivity index (χ2v) is 5.32. The van der Waals surface area contributed by atoms with Crippen LogP contribution in [0.3, 0.4) is 0 Å². The molecule has 0 heterocycles. The summed E-state index contributed by atoms with van der Waals surface area (Å²) in [6, 6.07) is 14.7. The molecule has 2 aromatic rings. The van der Waals surface area contributed by atoms with Gasteiger partial charge in [-0.2, -0.15) is 0 Å². The molecule has 0 aliphatic carbocycles. The molecule has 0 saturated heterocycles. The highest BCUT2D eigenvalue weighted by Gasteiger charge is 1.99. The van der Waals surface area contributed by atoms with Crippen molar-refractivity contribution < 1.29 is 15.0 Å². The average molecular weight is 311 g/mol. The minimum atomic E-state index is -0.200. The Kier molecular flexibility index (Phi) is 6.24. The molecule has 4 nitrogen and oxygen atoms in total. The van der Waals surface area contributed by atoms with Crippen LogP contribution in [0.5, 0.6) is 11.5 Å². The Bertz CT molecular complexity index is 666. The van der Waals surface area contributed by atoms with Crippen LogP contribution in [0.2, 0.25) is 0 Å². The van der Waals surface area contributed by atoms with E-state index in [1.165, 1.54) is 23.8 Å². The molecule has 0 spiro atoms. The molecule has 23 heavy (non-hydrogen) atoms. The van der Waals surface area contributed by atoms with Gasteiger partial charge in [0, 0.05) is 12.6 Å². The Labute approximate surface area is 136 Å². The Morgan fingerprint density at radius 2 is 1.78 bits per heavy atom. The number of hydrogen-bond donors (Lipinski definition) is 3. The zero-order valence-corrected chi connectivity index (χ0v) is 12.9. The van der Waals surface area contributed by atoms with Gasteiger partial charge in [0.1, 0.15) is 0 Å². The van der Waals surface area contributed by atoms with Crippen molar-refractivity contribution in [1.29, 1.82) is 0 Å². The molecule has 0 saturated carbocycles. The number of carbonyl (C=O) groups is 1. The molecule has 120 valence electrons. The summed E-state index contributed by atoms with van der Waals surface area (Å²) in [5.74, 6) is -0.546. The molecule has 0 unspecified atom stereocenters. The van der Waals surface area contributed by atoms with Gasteiger partial charge in [0.25, 0.3) is 0 Å². The monoisotopic (exact) mass is 311 g/mol. The van der Waals surface area contributed by atoms with Crippen LogP contribution >= 0.6 is 0 Å². The van der Waals surface area contributed by atoms with E-state index >= 15 is 0 Å². The SMILES string of the molecule is O=C(/C=C/c1ccc(O)c(O)c1)NCCCCc1ccccc1. The third kappa shape index (κ3) is 5.87. The average Bonchev–Trinajstić information content (AvgIpc) is 2.56. The minimum absolute atomic E-state index is 0.169.